The maximum absolute atomic E-state index is 13.2. The van der Waals surface area contributed by atoms with E-state index in [9.17, 15) is 18.0 Å². The fourth-order valence-corrected chi connectivity index (χ4v) is 5.45. The lowest BCUT2D eigenvalue weighted by Crippen LogP contribution is -2.63. The summed E-state index contributed by atoms with van der Waals surface area (Å²) in [4.78, 5) is 27.7. The first kappa shape index (κ1) is 21.6. The molecule has 0 bridgehead atoms. The lowest BCUT2D eigenvalue weighted by atomic mass is 9.73. The van der Waals surface area contributed by atoms with Crippen LogP contribution in [0, 0.1) is 5.92 Å². The van der Waals surface area contributed by atoms with Crippen LogP contribution in [0.5, 0.6) is 0 Å². The first-order valence-corrected chi connectivity index (χ1v) is 12.4. The van der Waals surface area contributed by atoms with Crippen LogP contribution in [0.2, 0.25) is 0 Å². The number of hydrogen-bond donors (Lipinski definition) is 1. The van der Waals surface area contributed by atoms with Crippen molar-refractivity contribution < 1.29 is 18.0 Å². The Labute approximate surface area is 183 Å². The Morgan fingerprint density at radius 2 is 1.84 bits per heavy atom. The fourth-order valence-electron chi connectivity index (χ4n) is 4.52. The number of carbonyl (C=O) groups excluding carboxylic acids is 2. The van der Waals surface area contributed by atoms with Gasteiger partial charge in [-0.3, -0.25) is 14.5 Å². The molecule has 4 rings (SSSR count). The summed E-state index contributed by atoms with van der Waals surface area (Å²) in [6.07, 6.45) is 2.85. The summed E-state index contributed by atoms with van der Waals surface area (Å²) >= 11 is 0. The molecule has 1 N–H and O–H groups in total. The van der Waals surface area contributed by atoms with Gasteiger partial charge in [0.05, 0.1) is 22.0 Å². The molecule has 0 aromatic heterocycles. The number of Topliss-reactive ketones (excluding diaryl/α,β-unsaturated/α-hetero) is 1. The Balaban J connectivity index is 1.73. The van der Waals surface area contributed by atoms with Gasteiger partial charge in [0, 0.05) is 19.4 Å². The van der Waals surface area contributed by atoms with Crippen LogP contribution in [0.15, 0.2) is 47.4 Å². The Kier molecular flexibility index (Phi) is 5.41. The quantitative estimate of drug-likeness (QED) is 0.758. The minimum absolute atomic E-state index is 0.0257. The summed E-state index contributed by atoms with van der Waals surface area (Å²) < 4.78 is 24.5. The molecule has 7 heteroatoms. The Morgan fingerprint density at radius 1 is 1.13 bits per heavy atom. The van der Waals surface area contributed by atoms with E-state index in [1.54, 1.807) is 30.0 Å². The first-order valence-electron chi connectivity index (χ1n) is 10.7. The van der Waals surface area contributed by atoms with E-state index in [0.29, 0.717) is 17.1 Å². The summed E-state index contributed by atoms with van der Waals surface area (Å²) in [5.41, 5.74) is 2.15. The summed E-state index contributed by atoms with van der Waals surface area (Å²) in [6.45, 7) is 5.32. The average Bonchev–Trinajstić information content (AvgIpc) is 2.71. The molecule has 1 heterocycles. The van der Waals surface area contributed by atoms with Gasteiger partial charge in [0.1, 0.15) is 5.54 Å². The molecule has 0 unspecified atom stereocenters. The summed E-state index contributed by atoms with van der Waals surface area (Å²) in [7, 11) is -3.30. The minimum Gasteiger partial charge on any atom is -0.381 e. The second-order valence-corrected chi connectivity index (χ2v) is 10.9. The number of nitrogens with zero attached hydrogens (tertiary/aromatic N) is 1. The predicted octanol–water partition coefficient (Wildman–Crippen LogP) is 4.05. The van der Waals surface area contributed by atoms with E-state index in [-0.39, 0.29) is 23.4 Å². The number of amides is 1. The topological polar surface area (TPSA) is 83.6 Å². The highest BCUT2D eigenvalue weighted by Crippen LogP contribution is 2.42. The van der Waals surface area contributed by atoms with Crippen LogP contribution in [0.1, 0.15) is 40.0 Å². The standard InChI is InChI=1S/C24H28N2O4S/c1-4-31(29,30)20-10-6-9-18(13-20)19-11-12-22-21(14-19)25-15-24(3,26(22)16(2)27)23(28)17-7-5-8-17/h6,9-14,17,25H,4-5,7-8,15H2,1-3H3/t24-/m0/s1. The SMILES string of the molecule is CCS(=O)(=O)c1cccc(-c2ccc3c(c2)NC[C@@](C)(C(=O)C2CCC2)N3C(C)=O)c1. The number of nitrogens with one attached hydrogen (secondary N) is 1. The number of anilines is 2. The molecule has 31 heavy (non-hydrogen) atoms. The van der Waals surface area contributed by atoms with Crippen molar-refractivity contribution in [3.8, 4) is 11.1 Å². The maximum atomic E-state index is 13.2. The van der Waals surface area contributed by atoms with E-state index in [1.165, 1.54) is 6.92 Å². The number of hydrogen-bond acceptors (Lipinski definition) is 5. The van der Waals surface area contributed by atoms with Crippen molar-refractivity contribution in [1.29, 1.82) is 0 Å². The predicted molar refractivity (Wildman–Crippen MR) is 122 cm³/mol. The zero-order valence-electron chi connectivity index (χ0n) is 18.1. The smallest absolute Gasteiger partial charge is 0.224 e. The molecule has 2 aromatic rings. The van der Waals surface area contributed by atoms with E-state index in [2.05, 4.69) is 5.32 Å². The number of benzene rings is 2. The van der Waals surface area contributed by atoms with Crippen molar-refractivity contribution >= 4 is 32.9 Å². The Morgan fingerprint density at radius 3 is 2.45 bits per heavy atom. The highest BCUT2D eigenvalue weighted by Gasteiger charge is 2.48. The third-order valence-electron chi connectivity index (χ3n) is 6.58. The molecule has 6 nitrogen and oxygen atoms in total. The maximum Gasteiger partial charge on any atom is 0.224 e. The molecule has 1 saturated carbocycles. The van der Waals surface area contributed by atoms with Gasteiger partial charge in [-0.25, -0.2) is 8.42 Å². The lowest BCUT2D eigenvalue weighted by molar-refractivity contribution is -0.132. The van der Waals surface area contributed by atoms with Crippen molar-refractivity contribution in [2.75, 3.05) is 22.5 Å². The van der Waals surface area contributed by atoms with E-state index < -0.39 is 15.4 Å². The lowest BCUT2D eigenvalue weighted by Gasteiger charge is -2.47. The van der Waals surface area contributed by atoms with Gasteiger partial charge in [-0.05, 0) is 55.2 Å². The molecular weight excluding hydrogens is 412 g/mol. The summed E-state index contributed by atoms with van der Waals surface area (Å²) in [5.74, 6) is 0.0247. The van der Waals surface area contributed by atoms with Crippen LogP contribution in [-0.2, 0) is 19.4 Å². The van der Waals surface area contributed by atoms with Crippen molar-refractivity contribution in [3.63, 3.8) is 0 Å². The van der Waals surface area contributed by atoms with Crippen LogP contribution in [0.25, 0.3) is 11.1 Å². The number of sulfone groups is 1. The second-order valence-electron chi connectivity index (χ2n) is 8.64. The normalized spacial score (nSPS) is 21.1. The molecule has 1 aliphatic heterocycles. The monoisotopic (exact) mass is 440 g/mol. The van der Waals surface area contributed by atoms with Crippen LogP contribution < -0.4 is 10.2 Å². The number of rotatable bonds is 5. The molecule has 2 aliphatic rings. The van der Waals surface area contributed by atoms with Gasteiger partial charge in [-0.15, -0.1) is 0 Å². The zero-order chi connectivity index (χ0) is 22.4. The molecule has 0 spiro atoms. The van der Waals surface area contributed by atoms with Gasteiger partial charge in [-0.1, -0.05) is 31.5 Å². The molecule has 0 saturated heterocycles. The molecule has 0 radical (unpaired) electrons. The molecular formula is C24H28N2O4S. The van der Waals surface area contributed by atoms with Gasteiger partial charge in [0.25, 0.3) is 0 Å². The van der Waals surface area contributed by atoms with Gasteiger partial charge >= 0.3 is 0 Å². The van der Waals surface area contributed by atoms with Crippen LogP contribution >= 0.6 is 0 Å². The molecule has 1 atom stereocenters. The Hall–Kier alpha value is -2.67. The van der Waals surface area contributed by atoms with E-state index in [4.69, 9.17) is 0 Å². The minimum atomic E-state index is -3.30. The second kappa shape index (κ2) is 7.79. The first-order chi connectivity index (χ1) is 14.7. The van der Waals surface area contributed by atoms with Crippen molar-refractivity contribution in [1.82, 2.24) is 0 Å². The third kappa shape index (κ3) is 3.65. The van der Waals surface area contributed by atoms with Crippen molar-refractivity contribution in [2.24, 2.45) is 5.92 Å². The van der Waals surface area contributed by atoms with Crippen molar-refractivity contribution in [3.05, 3.63) is 42.5 Å². The molecule has 164 valence electrons. The number of carbonyl (C=O) groups is 2. The Bertz CT molecular complexity index is 1150. The highest BCUT2D eigenvalue weighted by molar-refractivity contribution is 7.91. The van der Waals surface area contributed by atoms with E-state index >= 15 is 0 Å². The summed E-state index contributed by atoms with van der Waals surface area (Å²) in [5, 5.41) is 3.36. The van der Waals surface area contributed by atoms with Gasteiger partial charge in [0.15, 0.2) is 15.6 Å². The molecule has 2 aromatic carbocycles. The third-order valence-corrected chi connectivity index (χ3v) is 8.31. The molecule has 1 aliphatic carbocycles. The van der Waals surface area contributed by atoms with Crippen LogP contribution in [0.3, 0.4) is 0 Å². The molecule has 1 fully saturated rings. The van der Waals surface area contributed by atoms with Crippen LogP contribution in [-0.4, -0.2) is 37.9 Å². The van der Waals surface area contributed by atoms with E-state index in [0.717, 1.165) is 36.1 Å². The van der Waals surface area contributed by atoms with Crippen molar-refractivity contribution in [2.45, 2.75) is 50.5 Å². The fraction of sp³-hybridized carbons (Fsp3) is 0.417. The van der Waals surface area contributed by atoms with Crippen LogP contribution in [0.4, 0.5) is 11.4 Å². The molecule has 1 amide bonds. The van der Waals surface area contributed by atoms with Gasteiger partial charge in [-0.2, -0.15) is 0 Å². The average molecular weight is 441 g/mol. The van der Waals surface area contributed by atoms with E-state index in [1.807, 2.05) is 31.2 Å². The number of ketones is 1. The van der Waals surface area contributed by atoms with Gasteiger partial charge < -0.3 is 5.32 Å². The summed E-state index contributed by atoms with van der Waals surface area (Å²) in [6, 6.07) is 12.5. The number of fused-ring (bicyclic) bond motifs is 1. The highest BCUT2D eigenvalue weighted by atomic mass is 32.2. The zero-order valence-corrected chi connectivity index (χ0v) is 19.0. The largest absolute Gasteiger partial charge is 0.381 e. The van der Waals surface area contributed by atoms with Gasteiger partial charge in [0.2, 0.25) is 5.91 Å².